The van der Waals surface area contributed by atoms with Crippen LogP contribution in [0.4, 0.5) is 0 Å². The minimum absolute atomic E-state index is 0.0206. The number of fused-ring (bicyclic) bond motifs is 1. The number of nitrogens with one attached hydrogen (secondary N) is 1. The van der Waals surface area contributed by atoms with Crippen molar-refractivity contribution in [2.24, 2.45) is 5.92 Å². The number of aromatic nitrogens is 2. The van der Waals surface area contributed by atoms with Crippen molar-refractivity contribution >= 4 is 15.9 Å². The average molecular weight is 465 g/mol. The fourth-order valence-corrected chi connectivity index (χ4v) is 6.34. The van der Waals surface area contributed by atoms with E-state index in [4.69, 9.17) is 5.10 Å². The number of piperidine rings is 1. The van der Waals surface area contributed by atoms with E-state index in [0.29, 0.717) is 37.4 Å². The molecule has 1 aliphatic carbocycles. The molecule has 7 nitrogen and oxygen atoms in total. The van der Waals surface area contributed by atoms with E-state index < -0.39 is 10.0 Å². The first-order valence-corrected chi connectivity index (χ1v) is 13.0. The Balaban J connectivity index is 1.21. The lowest BCUT2D eigenvalue weighted by atomic mass is 9.97. The van der Waals surface area contributed by atoms with Gasteiger partial charge in [-0.25, -0.2) is 13.1 Å². The zero-order valence-electron chi connectivity index (χ0n) is 18.5. The Morgan fingerprint density at radius 2 is 1.64 bits per heavy atom. The molecule has 0 saturated carbocycles. The van der Waals surface area contributed by atoms with Crippen LogP contribution in [0.25, 0.3) is 5.69 Å². The summed E-state index contributed by atoms with van der Waals surface area (Å²) in [6, 6.07) is 18.6. The van der Waals surface area contributed by atoms with Gasteiger partial charge in [-0.15, -0.1) is 0 Å². The van der Waals surface area contributed by atoms with Gasteiger partial charge in [-0.05, 0) is 61.9 Å². The molecule has 1 amide bonds. The lowest BCUT2D eigenvalue weighted by Gasteiger charge is -2.30. The molecule has 1 N–H and O–H groups in total. The molecule has 8 heteroatoms. The van der Waals surface area contributed by atoms with E-state index in [9.17, 15) is 13.2 Å². The van der Waals surface area contributed by atoms with Gasteiger partial charge < -0.3 is 5.32 Å². The maximum Gasteiger partial charge on any atom is 0.243 e. The Morgan fingerprint density at radius 1 is 0.970 bits per heavy atom. The minimum Gasteiger partial charge on any atom is -0.350 e. The number of carbonyl (C=O) groups is 1. The first kappa shape index (κ1) is 21.9. The highest BCUT2D eigenvalue weighted by Crippen LogP contribution is 2.28. The molecule has 1 aromatic heterocycles. The van der Waals surface area contributed by atoms with Crippen LogP contribution in [0.2, 0.25) is 0 Å². The second-order valence-electron chi connectivity index (χ2n) is 8.68. The molecule has 5 rings (SSSR count). The highest BCUT2D eigenvalue weighted by atomic mass is 32.2. The molecular weight excluding hydrogens is 436 g/mol. The highest BCUT2D eigenvalue weighted by molar-refractivity contribution is 7.89. The van der Waals surface area contributed by atoms with Gasteiger partial charge in [0.05, 0.1) is 22.8 Å². The average Bonchev–Trinajstić information content (AvgIpc) is 3.47. The van der Waals surface area contributed by atoms with Crippen LogP contribution in [0.15, 0.2) is 65.6 Å². The van der Waals surface area contributed by atoms with Crippen molar-refractivity contribution in [3.8, 4) is 5.69 Å². The summed E-state index contributed by atoms with van der Waals surface area (Å²) in [6.45, 7) is 1.12. The summed E-state index contributed by atoms with van der Waals surface area (Å²) in [5.41, 5.74) is 4.47. The molecule has 0 radical (unpaired) electrons. The molecule has 1 fully saturated rings. The predicted octanol–water partition coefficient (Wildman–Crippen LogP) is 3.08. The molecule has 172 valence electrons. The number of hydrogen-bond donors (Lipinski definition) is 1. The van der Waals surface area contributed by atoms with Gasteiger partial charge in [0.2, 0.25) is 15.9 Å². The first-order valence-electron chi connectivity index (χ1n) is 11.5. The van der Waals surface area contributed by atoms with E-state index in [1.165, 1.54) is 15.6 Å². The molecule has 1 saturated heterocycles. The van der Waals surface area contributed by atoms with Crippen molar-refractivity contribution in [2.75, 3.05) is 13.1 Å². The third kappa shape index (κ3) is 4.32. The molecule has 2 aliphatic rings. The Morgan fingerprint density at radius 3 is 2.33 bits per heavy atom. The summed E-state index contributed by atoms with van der Waals surface area (Å²) in [7, 11) is -3.51. The van der Waals surface area contributed by atoms with Crippen LogP contribution in [0.3, 0.4) is 0 Å². The van der Waals surface area contributed by atoms with Crippen molar-refractivity contribution in [1.29, 1.82) is 0 Å². The van der Waals surface area contributed by atoms with E-state index in [1.807, 2.05) is 35.0 Å². The summed E-state index contributed by atoms with van der Waals surface area (Å²) in [5, 5.41) is 7.88. The quantitative estimate of drug-likeness (QED) is 0.608. The second-order valence-corrected chi connectivity index (χ2v) is 10.6. The summed E-state index contributed by atoms with van der Waals surface area (Å²) >= 11 is 0. The third-order valence-electron chi connectivity index (χ3n) is 6.65. The van der Waals surface area contributed by atoms with Gasteiger partial charge in [-0.3, -0.25) is 4.79 Å². The van der Waals surface area contributed by atoms with Crippen molar-refractivity contribution in [3.63, 3.8) is 0 Å². The van der Waals surface area contributed by atoms with Crippen LogP contribution >= 0.6 is 0 Å². The molecule has 3 aromatic rings. The van der Waals surface area contributed by atoms with E-state index in [-0.39, 0.29) is 11.8 Å². The molecule has 33 heavy (non-hydrogen) atoms. The zero-order chi connectivity index (χ0) is 22.8. The number of para-hydroxylation sites is 1. The standard InChI is InChI=1S/C25H28N4O3S/c30-25(19-14-16-28(17-15-19)33(31,32)21-10-5-2-6-11-21)26-18-23-22-12-7-13-24(22)29(27-23)20-8-3-1-4-9-20/h1-6,8-11,19H,7,12-18H2,(H,26,30). The van der Waals surface area contributed by atoms with Crippen LogP contribution in [0, 0.1) is 5.92 Å². The summed E-state index contributed by atoms with van der Waals surface area (Å²) < 4.78 is 29.1. The van der Waals surface area contributed by atoms with Gasteiger partial charge in [0.1, 0.15) is 0 Å². The lowest BCUT2D eigenvalue weighted by Crippen LogP contribution is -2.42. The summed E-state index contributed by atoms with van der Waals surface area (Å²) in [6.07, 6.45) is 4.14. The Labute approximate surface area is 194 Å². The van der Waals surface area contributed by atoms with Crippen molar-refractivity contribution in [2.45, 2.75) is 43.5 Å². The highest BCUT2D eigenvalue weighted by Gasteiger charge is 2.32. The number of benzene rings is 2. The minimum atomic E-state index is -3.51. The lowest BCUT2D eigenvalue weighted by molar-refractivity contribution is -0.126. The van der Waals surface area contributed by atoms with Crippen LogP contribution < -0.4 is 5.32 Å². The fraction of sp³-hybridized carbons (Fsp3) is 0.360. The van der Waals surface area contributed by atoms with E-state index in [1.54, 1.807) is 30.3 Å². The molecule has 0 unspecified atom stereocenters. The molecule has 0 bridgehead atoms. The predicted molar refractivity (Wildman–Crippen MR) is 125 cm³/mol. The van der Waals surface area contributed by atoms with Crippen molar-refractivity contribution < 1.29 is 13.2 Å². The first-order chi connectivity index (χ1) is 16.0. The van der Waals surface area contributed by atoms with Crippen LogP contribution in [0.1, 0.15) is 36.2 Å². The van der Waals surface area contributed by atoms with Crippen LogP contribution in [-0.2, 0) is 34.2 Å². The Bertz CT molecular complexity index is 1230. The molecule has 0 atom stereocenters. The topological polar surface area (TPSA) is 84.3 Å². The SMILES string of the molecule is O=C(NCc1nn(-c2ccccc2)c2c1CCC2)C1CCN(S(=O)(=O)c2ccccc2)CC1. The van der Waals surface area contributed by atoms with Gasteiger partial charge in [-0.2, -0.15) is 9.40 Å². The van der Waals surface area contributed by atoms with Gasteiger partial charge in [0.15, 0.2) is 0 Å². The third-order valence-corrected chi connectivity index (χ3v) is 8.56. The van der Waals surface area contributed by atoms with Gasteiger partial charge in [0, 0.05) is 24.7 Å². The second kappa shape index (κ2) is 9.11. The number of rotatable bonds is 6. The normalized spacial score (nSPS) is 17.1. The molecular formula is C25H28N4O3S. The molecule has 1 aliphatic heterocycles. The number of amides is 1. The van der Waals surface area contributed by atoms with Gasteiger partial charge in [0.25, 0.3) is 0 Å². The van der Waals surface area contributed by atoms with Gasteiger partial charge >= 0.3 is 0 Å². The Hall–Kier alpha value is -2.97. The van der Waals surface area contributed by atoms with E-state index in [2.05, 4.69) is 5.32 Å². The summed E-state index contributed by atoms with van der Waals surface area (Å²) in [5.74, 6) is -0.204. The summed E-state index contributed by atoms with van der Waals surface area (Å²) in [4.78, 5) is 13.2. The number of carbonyl (C=O) groups excluding carboxylic acids is 1. The monoisotopic (exact) mass is 464 g/mol. The smallest absolute Gasteiger partial charge is 0.243 e. The number of sulfonamides is 1. The molecule has 0 spiro atoms. The largest absolute Gasteiger partial charge is 0.350 e. The number of hydrogen-bond acceptors (Lipinski definition) is 4. The van der Waals surface area contributed by atoms with Crippen LogP contribution in [0.5, 0.6) is 0 Å². The Kier molecular flexibility index (Phi) is 6.03. The van der Waals surface area contributed by atoms with Gasteiger partial charge in [-0.1, -0.05) is 36.4 Å². The zero-order valence-corrected chi connectivity index (χ0v) is 19.3. The molecule has 2 aromatic carbocycles. The maximum absolute atomic E-state index is 12.9. The fourth-order valence-electron chi connectivity index (χ4n) is 4.85. The maximum atomic E-state index is 12.9. The number of nitrogens with zero attached hydrogens (tertiary/aromatic N) is 3. The molecule has 2 heterocycles. The van der Waals surface area contributed by atoms with Crippen molar-refractivity contribution in [1.82, 2.24) is 19.4 Å². The van der Waals surface area contributed by atoms with Crippen LogP contribution in [-0.4, -0.2) is 41.5 Å². The van der Waals surface area contributed by atoms with E-state index >= 15 is 0 Å². The van der Waals surface area contributed by atoms with Crippen molar-refractivity contribution in [3.05, 3.63) is 77.6 Å². The van der Waals surface area contributed by atoms with E-state index in [0.717, 1.165) is 30.6 Å².